The smallest absolute Gasteiger partial charge is 0.225 e. The first-order valence-corrected chi connectivity index (χ1v) is 10.7. The van der Waals surface area contributed by atoms with E-state index in [0.717, 1.165) is 13.1 Å². The molecule has 1 unspecified atom stereocenters. The van der Waals surface area contributed by atoms with Crippen molar-refractivity contribution in [2.75, 3.05) is 39.7 Å². The number of anilines is 1. The van der Waals surface area contributed by atoms with Crippen LogP contribution in [-0.4, -0.2) is 49.8 Å². The summed E-state index contributed by atoms with van der Waals surface area (Å²) < 4.78 is 18.4. The molecule has 1 N–H and O–H groups in total. The highest BCUT2D eigenvalue weighted by atomic mass is 16.5. The van der Waals surface area contributed by atoms with Crippen LogP contribution in [0.2, 0.25) is 0 Å². The lowest BCUT2D eigenvalue weighted by Gasteiger charge is -2.37. The van der Waals surface area contributed by atoms with E-state index in [1.54, 1.807) is 33.5 Å². The fourth-order valence-corrected chi connectivity index (χ4v) is 4.31. The van der Waals surface area contributed by atoms with Crippen LogP contribution in [0, 0.1) is 0 Å². The summed E-state index contributed by atoms with van der Waals surface area (Å²) in [5, 5.41) is 2.96. The molecule has 1 aromatic heterocycles. The average Bonchev–Trinajstić information content (AvgIpc) is 3.31. The van der Waals surface area contributed by atoms with Crippen LogP contribution in [-0.2, 0) is 11.3 Å². The van der Waals surface area contributed by atoms with E-state index in [2.05, 4.69) is 57.4 Å². The van der Waals surface area contributed by atoms with Crippen molar-refractivity contribution in [1.82, 2.24) is 9.47 Å². The van der Waals surface area contributed by atoms with Gasteiger partial charge in [-0.2, -0.15) is 0 Å². The van der Waals surface area contributed by atoms with Gasteiger partial charge in [0, 0.05) is 55.8 Å². The van der Waals surface area contributed by atoms with Gasteiger partial charge in [-0.25, -0.2) is 0 Å². The zero-order valence-electron chi connectivity index (χ0n) is 18.7. The summed E-state index contributed by atoms with van der Waals surface area (Å²) in [6.07, 6.45) is 2.50. The van der Waals surface area contributed by atoms with Gasteiger partial charge in [-0.15, -0.1) is 0 Å². The van der Waals surface area contributed by atoms with Gasteiger partial charge < -0.3 is 24.1 Å². The zero-order chi connectivity index (χ0) is 22.5. The van der Waals surface area contributed by atoms with Gasteiger partial charge in [0.05, 0.1) is 27.4 Å². The van der Waals surface area contributed by atoms with Crippen LogP contribution in [0.4, 0.5) is 5.69 Å². The number of amides is 1. The van der Waals surface area contributed by atoms with Gasteiger partial charge in [-0.05, 0) is 17.7 Å². The zero-order valence-corrected chi connectivity index (χ0v) is 18.7. The van der Waals surface area contributed by atoms with Crippen LogP contribution in [0.1, 0.15) is 23.7 Å². The van der Waals surface area contributed by atoms with Gasteiger partial charge in [-0.3, -0.25) is 9.69 Å². The molecule has 0 bridgehead atoms. The first-order valence-electron chi connectivity index (χ1n) is 10.7. The van der Waals surface area contributed by atoms with E-state index in [9.17, 15) is 4.79 Å². The molecule has 0 spiro atoms. The van der Waals surface area contributed by atoms with Crippen molar-refractivity contribution in [3.8, 4) is 17.2 Å². The Morgan fingerprint density at radius 1 is 0.969 bits per heavy atom. The molecular formula is C25H29N3O4. The second kappa shape index (κ2) is 9.78. The lowest BCUT2D eigenvalue weighted by molar-refractivity contribution is -0.116. The molecule has 32 heavy (non-hydrogen) atoms. The quantitative estimate of drug-likeness (QED) is 0.581. The Kier molecular flexibility index (Phi) is 6.66. The number of methoxy groups -OCH3 is 3. The molecule has 2 heterocycles. The van der Waals surface area contributed by atoms with Crippen LogP contribution in [0.25, 0.3) is 0 Å². The molecule has 1 amide bonds. The third-order valence-electron chi connectivity index (χ3n) is 5.83. The highest BCUT2D eigenvalue weighted by molar-refractivity contribution is 5.91. The predicted molar refractivity (Wildman–Crippen MR) is 124 cm³/mol. The maximum Gasteiger partial charge on any atom is 0.225 e. The summed E-state index contributed by atoms with van der Waals surface area (Å²) in [7, 11) is 4.66. The summed E-state index contributed by atoms with van der Waals surface area (Å²) >= 11 is 0. The normalized spacial score (nSPS) is 15.7. The monoisotopic (exact) mass is 435 g/mol. The largest absolute Gasteiger partial charge is 0.493 e. The minimum atomic E-state index is -0.0629. The number of nitrogens with zero attached hydrogens (tertiary/aromatic N) is 2. The van der Waals surface area contributed by atoms with Crippen molar-refractivity contribution >= 4 is 11.6 Å². The Morgan fingerprint density at radius 3 is 2.34 bits per heavy atom. The van der Waals surface area contributed by atoms with Gasteiger partial charge in [-0.1, -0.05) is 30.3 Å². The number of hydrogen-bond acceptors (Lipinski definition) is 5. The number of ether oxygens (including phenoxy) is 3. The lowest BCUT2D eigenvalue weighted by atomic mass is 10.00. The molecule has 7 nitrogen and oxygen atoms in total. The first-order chi connectivity index (χ1) is 15.6. The van der Waals surface area contributed by atoms with E-state index < -0.39 is 0 Å². The van der Waals surface area contributed by atoms with Crippen LogP contribution in [0.3, 0.4) is 0 Å². The van der Waals surface area contributed by atoms with E-state index in [0.29, 0.717) is 35.9 Å². The van der Waals surface area contributed by atoms with E-state index in [1.165, 1.54) is 11.3 Å². The highest BCUT2D eigenvalue weighted by Crippen LogP contribution is 2.40. The maximum atomic E-state index is 12.8. The second-order valence-electron chi connectivity index (χ2n) is 7.69. The van der Waals surface area contributed by atoms with Gasteiger partial charge in [0.1, 0.15) is 0 Å². The molecule has 0 aliphatic carbocycles. The molecular weight excluding hydrogens is 406 g/mol. The van der Waals surface area contributed by atoms with Crippen LogP contribution in [0.15, 0.2) is 60.8 Å². The number of carbonyl (C=O) groups is 1. The average molecular weight is 436 g/mol. The molecule has 4 rings (SSSR count). The highest BCUT2D eigenvalue weighted by Gasteiger charge is 2.28. The molecule has 1 atom stereocenters. The third-order valence-corrected chi connectivity index (χ3v) is 5.83. The minimum Gasteiger partial charge on any atom is -0.493 e. The third kappa shape index (κ3) is 4.43. The topological polar surface area (TPSA) is 65.0 Å². The molecule has 2 aromatic carbocycles. The van der Waals surface area contributed by atoms with Crippen molar-refractivity contribution < 1.29 is 19.0 Å². The summed E-state index contributed by atoms with van der Waals surface area (Å²) in [6.45, 7) is 2.46. The van der Waals surface area contributed by atoms with Crippen LogP contribution < -0.4 is 19.5 Å². The molecule has 3 aromatic rings. The number of aromatic nitrogens is 1. The van der Waals surface area contributed by atoms with E-state index in [4.69, 9.17) is 14.2 Å². The maximum absolute atomic E-state index is 12.8. The lowest BCUT2D eigenvalue weighted by Crippen LogP contribution is -2.39. The Labute approximate surface area is 188 Å². The summed E-state index contributed by atoms with van der Waals surface area (Å²) in [4.78, 5) is 15.2. The SMILES string of the molecule is COc1cc(NC(=O)CCN2CCn3cccc3C2c2ccccc2)cc(OC)c1OC. The van der Waals surface area contributed by atoms with Gasteiger partial charge in [0.2, 0.25) is 11.7 Å². The van der Waals surface area contributed by atoms with Gasteiger partial charge >= 0.3 is 0 Å². The van der Waals surface area contributed by atoms with Crippen molar-refractivity contribution in [2.45, 2.75) is 19.0 Å². The number of rotatable bonds is 8. The Morgan fingerprint density at radius 2 is 1.69 bits per heavy atom. The molecule has 7 heteroatoms. The second-order valence-corrected chi connectivity index (χ2v) is 7.69. The first kappa shape index (κ1) is 21.8. The number of benzene rings is 2. The Balaban J connectivity index is 1.47. The van der Waals surface area contributed by atoms with Crippen molar-refractivity contribution in [2.24, 2.45) is 0 Å². The number of hydrogen-bond donors (Lipinski definition) is 1. The van der Waals surface area contributed by atoms with Crippen molar-refractivity contribution in [1.29, 1.82) is 0 Å². The van der Waals surface area contributed by atoms with E-state index >= 15 is 0 Å². The van der Waals surface area contributed by atoms with E-state index in [1.807, 2.05) is 6.07 Å². The summed E-state index contributed by atoms with van der Waals surface area (Å²) in [5.74, 6) is 1.44. The molecule has 0 fully saturated rings. The molecule has 1 aliphatic rings. The fourth-order valence-electron chi connectivity index (χ4n) is 4.31. The summed E-state index contributed by atoms with van der Waals surface area (Å²) in [6, 6.07) is 18.3. The molecule has 0 saturated carbocycles. The standard InChI is InChI=1S/C25H29N3O4/c1-30-21-16-19(17-22(31-2)25(21)32-3)26-23(29)11-13-28-15-14-27-12-7-10-20(27)24(28)18-8-5-4-6-9-18/h4-10,12,16-17,24H,11,13-15H2,1-3H3,(H,26,29). The summed E-state index contributed by atoms with van der Waals surface area (Å²) in [5.41, 5.74) is 3.10. The number of fused-ring (bicyclic) bond motifs is 1. The van der Waals surface area contributed by atoms with Crippen LogP contribution in [0.5, 0.6) is 17.2 Å². The Hall–Kier alpha value is -3.45. The number of carbonyl (C=O) groups excluding carboxylic acids is 1. The minimum absolute atomic E-state index is 0.0629. The van der Waals surface area contributed by atoms with Gasteiger partial charge in [0.25, 0.3) is 0 Å². The van der Waals surface area contributed by atoms with Crippen molar-refractivity contribution in [3.63, 3.8) is 0 Å². The fraction of sp³-hybridized carbons (Fsp3) is 0.320. The van der Waals surface area contributed by atoms with E-state index in [-0.39, 0.29) is 11.9 Å². The Bertz CT molecular complexity index is 1040. The number of nitrogens with one attached hydrogen (secondary N) is 1. The molecule has 0 saturated heterocycles. The van der Waals surface area contributed by atoms with Crippen LogP contribution >= 0.6 is 0 Å². The molecule has 1 aliphatic heterocycles. The molecule has 168 valence electrons. The van der Waals surface area contributed by atoms with Crippen molar-refractivity contribution in [3.05, 3.63) is 72.1 Å². The van der Waals surface area contributed by atoms with Gasteiger partial charge in [0.15, 0.2) is 11.5 Å². The predicted octanol–water partition coefficient (Wildman–Crippen LogP) is 3.95. The molecule has 0 radical (unpaired) electrons.